The lowest BCUT2D eigenvalue weighted by atomic mass is 9.53. The molecule has 1 aliphatic rings. The van der Waals surface area contributed by atoms with Gasteiger partial charge in [0.15, 0.2) is 17.3 Å². The Bertz CT molecular complexity index is 1990. The van der Waals surface area contributed by atoms with Crippen molar-refractivity contribution < 1.29 is 58.3 Å². The van der Waals surface area contributed by atoms with Gasteiger partial charge in [-0.15, -0.1) is 0 Å². The van der Waals surface area contributed by atoms with Crippen LogP contribution in [0.15, 0.2) is 0 Å². The molecule has 12 nitrogen and oxygen atoms in total. The average molecular weight is 1530 g/mol. The van der Waals surface area contributed by atoms with Crippen molar-refractivity contribution in [2.45, 2.75) is 577 Å². The van der Waals surface area contributed by atoms with E-state index < -0.39 is 76.8 Å². The van der Waals surface area contributed by atoms with Gasteiger partial charge in [0, 0.05) is 38.5 Å². The summed E-state index contributed by atoms with van der Waals surface area (Å²) >= 11 is 0. The molecule has 1 aliphatic carbocycles. The van der Waals surface area contributed by atoms with Crippen molar-refractivity contribution in [2.75, 3.05) is 0 Å². The van der Waals surface area contributed by atoms with Gasteiger partial charge in [-0.25, -0.2) is 0 Å². The van der Waals surface area contributed by atoms with Crippen LogP contribution in [0.2, 0.25) is 0 Å². The predicted octanol–water partition coefficient (Wildman–Crippen LogP) is 28.2. The summed E-state index contributed by atoms with van der Waals surface area (Å²) in [5.74, 6) is -5.99. The first-order valence-electron chi connectivity index (χ1n) is 48.1. The summed E-state index contributed by atoms with van der Waals surface area (Å²) in [6, 6.07) is 0. The number of esters is 3. The zero-order valence-corrected chi connectivity index (χ0v) is 72.4. The number of aliphatic hydroxyl groups excluding tert-OH is 3. The SMILES string of the molecule is CCCCCCCCCCCCCCC(=O)OC1(C(=O)CCCCCCCCCCCCCC)[C@@](OC(=O)CCCCCCCCCCCCCC)(C(=O)CCCCCCCCCCCCCC)[C@@H](O)C(O)[C@@H](O)[C@@]1(OC(=O)CCCCCCCCCCCCCC)C(=O)CCCCCCCCCCCCCC. The molecule has 1 fully saturated rings. The largest absolute Gasteiger partial charge is 0.443 e. The molecule has 636 valence electrons. The van der Waals surface area contributed by atoms with Crippen LogP contribution in [0, 0.1) is 0 Å². The summed E-state index contributed by atoms with van der Waals surface area (Å²) in [6.45, 7) is 13.4. The molecule has 0 heterocycles. The van der Waals surface area contributed by atoms with E-state index in [-0.39, 0.29) is 51.4 Å². The number of rotatable bonds is 84. The lowest BCUT2D eigenvalue weighted by molar-refractivity contribution is -0.324. The van der Waals surface area contributed by atoms with Crippen LogP contribution in [-0.2, 0) is 43.0 Å². The topological polar surface area (TPSA) is 191 Å². The zero-order chi connectivity index (χ0) is 79.0. The molecule has 0 aromatic heterocycles. The molecule has 0 aliphatic heterocycles. The van der Waals surface area contributed by atoms with Crippen LogP contribution in [0.5, 0.6) is 0 Å². The number of aliphatic hydroxyl groups is 3. The monoisotopic (exact) mass is 1530 g/mol. The molecule has 0 aromatic carbocycles. The average Bonchev–Trinajstić information content (AvgIpc) is 0.666. The van der Waals surface area contributed by atoms with Gasteiger partial charge in [-0.2, -0.15) is 0 Å². The van der Waals surface area contributed by atoms with Crippen molar-refractivity contribution in [3.05, 3.63) is 0 Å². The number of carbonyl (C=O) groups is 6. The van der Waals surface area contributed by atoms with E-state index in [1.807, 2.05) is 0 Å². The summed E-state index contributed by atoms with van der Waals surface area (Å²) in [7, 11) is 0. The first kappa shape index (κ1) is 103. The maximum Gasteiger partial charge on any atom is 0.307 e. The highest BCUT2D eigenvalue weighted by molar-refractivity contribution is 6.10. The highest BCUT2D eigenvalue weighted by Crippen LogP contribution is 2.55. The number of carbonyl (C=O) groups excluding carboxylic acids is 6. The Hall–Kier alpha value is -2.70. The van der Waals surface area contributed by atoms with Crippen molar-refractivity contribution in [1.29, 1.82) is 0 Å². The normalized spacial score (nSPS) is 18.6. The molecule has 0 radical (unpaired) electrons. The van der Waals surface area contributed by atoms with E-state index in [0.717, 1.165) is 161 Å². The van der Waals surface area contributed by atoms with E-state index in [2.05, 4.69) is 41.5 Å². The summed E-state index contributed by atoms with van der Waals surface area (Å²) < 4.78 is 20.4. The Kier molecular flexibility index (Phi) is 70.0. The molecule has 0 spiro atoms. The molecule has 3 N–H and O–H groups in total. The smallest absolute Gasteiger partial charge is 0.307 e. The molecule has 108 heavy (non-hydrogen) atoms. The van der Waals surface area contributed by atoms with Crippen molar-refractivity contribution in [2.24, 2.45) is 0 Å². The first-order valence-corrected chi connectivity index (χ1v) is 48.1. The van der Waals surface area contributed by atoms with E-state index in [0.29, 0.717) is 57.8 Å². The maximum atomic E-state index is 16.9. The molecule has 0 bridgehead atoms. The highest BCUT2D eigenvalue weighted by Gasteiger charge is 2.87. The third-order valence-corrected chi connectivity index (χ3v) is 24.0. The standard InChI is InChI=1S/C96H180O12/c1-7-13-19-25-31-37-43-49-55-61-67-73-79-85(97)94(106-88(100)82-76-70-64-58-52-46-40-34-28-22-16-10-4)92(104)91(103)93(105)95(86(98)80-74-68-62-56-50-44-38-32-26-20-14-8-2,107-89(101)83-77-71-65-59-53-47-41-35-29-23-17-11-5)96(94,87(99)81-75-69-63-57-51-45-39-33-27-21-15-9-3)108-90(102)84-78-72-66-60-54-48-42-36-30-24-18-12-6/h91-93,103-105H,7-84H2,1-6H3/t91?,92-,93+,94+,95-,96?. The zero-order valence-electron chi connectivity index (χ0n) is 72.4. The number of unbranched alkanes of at least 4 members (excludes halogenated alkanes) is 66. The summed E-state index contributed by atoms with van der Waals surface area (Å²) in [5, 5.41) is 39.6. The van der Waals surface area contributed by atoms with E-state index in [9.17, 15) is 15.3 Å². The van der Waals surface area contributed by atoms with Gasteiger partial charge in [-0.3, -0.25) is 28.8 Å². The van der Waals surface area contributed by atoms with Crippen LogP contribution in [0.4, 0.5) is 0 Å². The quantitative estimate of drug-likeness (QED) is 0.0297. The van der Waals surface area contributed by atoms with Crippen LogP contribution in [0.1, 0.15) is 542 Å². The fourth-order valence-corrected chi connectivity index (χ4v) is 17.0. The number of ketones is 3. The summed E-state index contributed by atoms with van der Waals surface area (Å²) in [6.07, 6.45) is 63.6. The van der Waals surface area contributed by atoms with Crippen LogP contribution >= 0.6 is 0 Å². The fourth-order valence-electron chi connectivity index (χ4n) is 17.0. The van der Waals surface area contributed by atoms with E-state index in [1.54, 1.807) is 0 Å². The molecule has 0 saturated heterocycles. The minimum atomic E-state index is -3.44. The first-order chi connectivity index (χ1) is 52.8. The molecule has 1 rings (SSSR count). The number of ether oxygens (including phenoxy) is 3. The molecule has 6 atom stereocenters. The van der Waals surface area contributed by atoms with Gasteiger partial charge in [-0.05, 0) is 38.5 Å². The Morgan fingerprint density at radius 3 is 0.509 bits per heavy atom. The van der Waals surface area contributed by atoms with Crippen molar-refractivity contribution >= 4 is 35.3 Å². The number of hydrogen-bond acceptors (Lipinski definition) is 12. The van der Waals surface area contributed by atoms with Gasteiger partial charge in [0.25, 0.3) is 5.60 Å². The fraction of sp³-hybridized carbons (Fsp3) is 0.938. The minimum Gasteiger partial charge on any atom is -0.443 e. The van der Waals surface area contributed by atoms with E-state index in [1.165, 1.54) is 225 Å². The number of Topliss-reactive ketones (excluding diaryl/α,β-unsaturated/α-hetero) is 3. The van der Waals surface area contributed by atoms with Crippen LogP contribution in [0.25, 0.3) is 0 Å². The Morgan fingerprint density at radius 1 is 0.194 bits per heavy atom. The van der Waals surface area contributed by atoms with Crippen molar-refractivity contribution in [3.8, 4) is 0 Å². The maximum absolute atomic E-state index is 16.9. The van der Waals surface area contributed by atoms with E-state index in [4.69, 9.17) is 14.2 Å². The van der Waals surface area contributed by atoms with Gasteiger partial charge in [0.05, 0.1) is 0 Å². The van der Waals surface area contributed by atoms with Crippen molar-refractivity contribution in [3.63, 3.8) is 0 Å². The molecular weight excluding hydrogens is 1350 g/mol. The minimum absolute atomic E-state index is 0.203. The lowest BCUT2D eigenvalue weighted by Gasteiger charge is -2.61. The highest BCUT2D eigenvalue weighted by atomic mass is 16.7. The third-order valence-electron chi connectivity index (χ3n) is 24.0. The molecule has 0 aromatic rings. The predicted molar refractivity (Wildman–Crippen MR) is 454 cm³/mol. The second kappa shape index (κ2) is 73.2. The lowest BCUT2D eigenvalue weighted by Crippen LogP contribution is -2.91. The molecule has 2 unspecified atom stereocenters. The van der Waals surface area contributed by atoms with Crippen LogP contribution < -0.4 is 0 Å². The molecule has 0 amide bonds. The second-order valence-corrected chi connectivity index (χ2v) is 34.1. The Labute approximate surface area is 667 Å². The van der Waals surface area contributed by atoms with Gasteiger partial charge < -0.3 is 29.5 Å². The Balaban J connectivity index is 4.30. The summed E-state index contributed by atoms with van der Waals surface area (Å²) in [5.41, 5.74) is -10.1. The van der Waals surface area contributed by atoms with Crippen molar-refractivity contribution in [1.82, 2.24) is 0 Å². The van der Waals surface area contributed by atoms with Crippen LogP contribution in [-0.4, -0.2) is 85.7 Å². The second-order valence-electron chi connectivity index (χ2n) is 34.1. The third kappa shape index (κ3) is 46.6. The van der Waals surface area contributed by atoms with Crippen LogP contribution in [0.3, 0.4) is 0 Å². The Morgan fingerprint density at radius 2 is 0.333 bits per heavy atom. The van der Waals surface area contributed by atoms with Gasteiger partial charge in [0.1, 0.15) is 18.3 Å². The van der Waals surface area contributed by atoms with Gasteiger partial charge >= 0.3 is 17.9 Å². The molecular formula is C96H180O12. The van der Waals surface area contributed by atoms with E-state index >= 15 is 28.8 Å². The summed E-state index contributed by atoms with van der Waals surface area (Å²) in [4.78, 5) is 96.4. The van der Waals surface area contributed by atoms with Gasteiger partial charge in [-0.1, -0.05) is 465 Å². The molecule has 1 saturated carbocycles. The van der Waals surface area contributed by atoms with Gasteiger partial charge in [0.2, 0.25) is 11.2 Å². The number of hydrogen-bond donors (Lipinski definition) is 3. The molecule has 12 heteroatoms.